The van der Waals surface area contributed by atoms with Crippen LogP contribution in [-0.4, -0.2) is 26.0 Å². The van der Waals surface area contributed by atoms with Crippen LogP contribution in [0.4, 0.5) is 5.69 Å². The van der Waals surface area contributed by atoms with Crippen LogP contribution < -0.4 is 4.72 Å². The molecule has 31 heavy (non-hydrogen) atoms. The van der Waals surface area contributed by atoms with E-state index in [9.17, 15) is 18.5 Å². The Morgan fingerprint density at radius 1 is 1.19 bits per heavy atom. The van der Waals surface area contributed by atoms with Gasteiger partial charge in [-0.25, -0.2) is 13.1 Å². The number of benzene rings is 2. The molecule has 1 N–H and O–H groups in total. The minimum atomic E-state index is -4.13. The van der Waals surface area contributed by atoms with E-state index in [2.05, 4.69) is 27.3 Å². The highest BCUT2D eigenvalue weighted by Gasteiger charge is 2.29. The molecule has 0 aliphatic heterocycles. The smallest absolute Gasteiger partial charge is 0.289 e. The van der Waals surface area contributed by atoms with Crippen molar-refractivity contribution in [2.24, 2.45) is 5.92 Å². The molecule has 0 aliphatic rings. The van der Waals surface area contributed by atoms with Gasteiger partial charge in [0, 0.05) is 12.1 Å². The lowest BCUT2D eigenvalue weighted by atomic mass is 9.96. The lowest BCUT2D eigenvalue weighted by molar-refractivity contribution is -0.387. The second-order valence-electron chi connectivity index (χ2n) is 6.95. The second-order valence-corrected chi connectivity index (χ2v) is 9.35. The fourth-order valence-electron chi connectivity index (χ4n) is 2.98. The third-order valence-corrected chi connectivity index (χ3v) is 6.56. The van der Waals surface area contributed by atoms with Gasteiger partial charge in [-0.05, 0) is 28.6 Å². The minimum Gasteiger partial charge on any atom is -0.373 e. The highest BCUT2D eigenvalue weighted by molar-refractivity contribution is 14.1. The highest BCUT2D eigenvalue weighted by atomic mass is 127. The molecule has 166 valence electrons. The summed E-state index contributed by atoms with van der Waals surface area (Å²) in [4.78, 5) is 10.2. The van der Waals surface area contributed by atoms with Gasteiger partial charge < -0.3 is 4.74 Å². The van der Waals surface area contributed by atoms with Gasteiger partial charge in [0.05, 0.1) is 18.1 Å². The molecule has 7 nitrogen and oxygen atoms in total. The molecule has 0 saturated heterocycles. The summed E-state index contributed by atoms with van der Waals surface area (Å²) in [6.07, 6.45) is 3.70. The summed E-state index contributed by atoms with van der Waals surface area (Å²) >= 11 is 2.07. The predicted octanol–water partition coefficient (Wildman–Crippen LogP) is 4.99. The summed E-state index contributed by atoms with van der Waals surface area (Å²) in [6, 6.07) is 14.5. The van der Waals surface area contributed by atoms with E-state index in [4.69, 9.17) is 4.74 Å². The zero-order chi connectivity index (χ0) is 22.9. The van der Waals surface area contributed by atoms with Crippen molar-refractivity contribution in [1.82, 2.24) is 4.72 Å². The van der Waals surface area contributed by atoms with Crippen LogP contribution in [0.2, 0.25) is 0 Å². The predicted molar refractivity (Wildman–Crippen MR) is 129 cm³/mol. The summed E-state index contributed by atoms with van der Waals surface area (Å²) in [6.45, 7) is 4.45. The summed E-state index contributed by atoms with van der Waals surface area (Å²) in [5.74, 6) is -0.181. The van der Waals surface area contributed by atoms with Crippen LogP contribution in [0.5, 0.6) is 0 Å². The van der Waals surface area contributed by atoms with E-state index in [1.54, 1.807) is 0 Å². The molecule has 0 spiro atoms. The van der Waals surface area contributed by atoms with Gasteiger partial charge in [-0.3, -0.25) is 10.1 Å². The largest absolute Gasteiger partial charge is 0.373 e. The van der Waals surface area contributed by atoms with Gasteiger partial charge in [0.2, 0.25) is 10.0 Å². The van der Waals surface area contributed by atoms with Gasteiger partial charge in [0.1, 0.15) is 0 Å². The Bertz CT molecular complexity index is 1040. The van der Waals surface area contributed by atoms with Crippen molar-refractivity contribution in [1.29, 1.82) is 0 Å². The number of nitro groups is 1. The quantitative estimate of drug-likeness (QED) is 0.138. The number of rotatable bonds is 11. The number of para-hydroxylation sites is 1. The molecule has 0 unspecified atom stereocenters. The lowest BCUT2D eigenvalue weighted by Crippen LogP contribution is -2.40. The topological polar surface area (TPSA) is 98.5 Å². The first kappa shape index (κ1) is 25.2. The maximum atomic E-state index is 13.0. The molecule has 0 aliphatic carbocycles. The lowest BCUT2D eigenvalue weighted by Gasteiger charge is -2.24. The molecular weight excluding hydrogens is 531 g/mol. The fraction of sp³-hybridized carbons (Fsp3) is 0.273. The van der Waals surface area contributed by atoms with Gasteiger partial charge in [0.15, 0.2) is 4.90 Å². The Balaban J connectivity index is 2.20. The number of ether oxygens (including phenoxy) is 1. The van der Waals surface area contributed by atoms with Crippen LogP contribution in [0.1, 0.15) is 19.4 Å². The normalized spacial score (nSPS) is 14.5. The molecule has 2 aromatic carbocycles. The van der Waals surface area contributed by atoms with Gasteiger partial charge in [-0.1, -0.05) is 89.7 Å². The first-order valence-electron chi connectivity index (χ1n) is 9.57. The zero-order valence-electron chi connectivity index (χ0n) is 17.3. The van der Waals surface area contributed by atoms with Crippen molar-refractivity contribution in [2.75, 3.05) is 6.61 Å². The van der Waals surface area contributed by atoms with Crippen molar-refractivity contribution in [3.63, 3.8) is 0 Å². The van der Waals surface area contributed by atoms with Crippen LogP contribution >= 0.6 is 22.6 Å². The van der Waals surface area contributed by atoms with Crippen molar-refractivity contribution in [3.8, 4) is 0 Å². The van der Waals surface area contributed by atoms with E-state index in [1.165, 1.54) is 24.3 Å². The van der Waals surface area contributed by atoms with E-state index >= 15 is 0 Å². The molecule has 0 bridgehead atoms. The first-order chi connectivity index (χ1) is 14.8. The minimum absolute atomic E-state index is 0.181. The van der Waals surface area contributed by atoms with Gasteiger partial charge in [-0.2, -0.15) is 0 Å². The molecule has 0 aromatic heterocycles. The highest BCUT2D eigenvalue weighted by Crippen LogP contribution is 2.25. The fourth-order valence-corrected chi connectivity index (χ4v) is 5.17. The second kappa shape index (κ2) is 12.1. The summed E-state index contributed by atoms with van der Waals surface area (Å²) in [5, 5.41) is 11.3. The average molecular weight is 556 g/mol. The molecule has 0 radical (unpaired) electrons. The SMILES string of the molecule is CC(=CCOCc1ccccc1)[C@@H](NS(=O)(=O)c1ccccc1[N+](=O)[O-])[C@@H](C)C=CI. The van der Waals surface area contributed by atoms with Crippen LogP contribution in [0.3, 0.4) is 0 Å². The van der Waals surface area contributed by atoms with Crippen molar-refractivity contribution in [2.45, 2.75) is 31.4 Å². The van der Waals surface area contributed by atoms with Crippen LogP contribution in [0.25, 0.3) is 0 Å². The first-order valence-corrected chi connectivity index (χ1v) is 12.3. The van der Waals surface area contributed by atoms with Crippen molar-refractivity contribution < 1.29 is 18.1 Å². The molecule has 2 atom stereocenters. The Morgan fingerprint density at radius 3 is 2.48 bits per heavy atom. The van der Waals surface area contributed by atoms with Crippen molar-refractivity contribution >= 4 is 38.3 Å². The molecule has 2 rings (SSSR count). The third kappa shape index (κ3) is 7.53. The summed E-state index contributed by atoms with van der Waals surface area (Å²) < 4.78 is 36.1. The summed E-state index contributed by atoms with van der Waals surface area (Å²) in [5.41, 5.74) is 1.35. The maximum absolute atomic E-state index is 13.0. The maximum Gasteiger partial charge on any atom is 0.289 e. The molecule has 9 heteroatoms. The molecule has 0 amide bonds. The monoisotopic (exact) mass is 556 g/mol. The number of nitrogens with one attached hydrogen (secondary N) is 1. The zero-order valence-corrected chi connectivity index (χ0v) is 20.2. The number of nitrogens with zero attached hydrogens (tertiary/aromatic N) is 1. The van der Waals surface area contributed by atoms with E-state index in [1.807, 2.05) is 60.4 Å². The van der Waals surface area contributed by atoms with Gasteiger partial charge in [-0.15, -0.1) is 0 Å². The number of sulfonamides is 1. The van der Waals surface area contributed by atoms with Gasteiger partial charge >= 0.3 is 0 Å². The van der Waals surface area contributed by atoms with Gasteiger partial charge in [0.25, 0.3) is 5.69 Å². The molecular formula is C22H25IN2O5S. The Morgan fingerprint density at radius 2 is 1.84 bits per heavy atom. The van der Waals surface area contributed by atoms with E-state index in [-0.39, 0.29) is 10.8 Å². The number of hydrogen-bond acceptors (Lipinski definition) is 5. The Kier molecular flexibility index (Phi) is 9.82. The third-order valence-electron chi connectivity index (χ3n) is 4.66. The van der Waals surface area contributed by atoms with E-state index < -0.39 is 26.7 Å². The van der Waals surface area contributed by atoms with Crippen molar-refractivity contribution in [3.05, 3.63) is 92.1 Å². The van der Waals surface area contributed by atoms with E-state index in [0.29, 0.717) is 13.2 Å². The number of halogens is 1. The average Bonchev–Trinajstić information content (AvgIpc) is 2.75. The number of hydrogen-bond donors (Lipinski definition) is 1. The molecule has 2 aromatic rings. The van der Waals surface area contributed by atoms with E-state index in [0.717, 1.165) is 11.1 Å². The Labute approximate surface area is 196 Å². The molecule has 0 heterocycles. The summed E-state index contributed by atoms with van der Waals surface area (Å²) in [7, 11) is -4.13. The van der Waals surface area contributed by atoms with Crippen LogP contribution in [0, 0.1) is 16.0 Å². The Hall–Kier alpha value is -2.08. The molecule has 0 saturated carbocycles. The number of nitro benzene ring substituents is 1. The standard InChI is InChI=1S/C22H25IN2O5S/c1-17(12-14-23)22(18(2)13-15-30-16-19-8-4-3-5-9-19)24-31(28,29)21-11-7-6-10-20(21)25(26)27/h3-14,17,22,24H,15-16H2,1-2H3/t17-,22-/m0/s1. The molecule has 0 fully saturated rings. The van der Waals surface area contributed by atoms with Crippen LogP contribution in [-0.2, 0) is 21.4 Å². The van der Waals surface area contributed by atoms with Crippen LogP contribution in [0.15, 0.2) is 81.3 Å².